The number of rotatable bonds is 6. The van der Waals surface area contributed by atoms with E-state index in [1.165, 1.54) is 10.4 Å². The van der Waals surface area contributed by atoms with Crippen molar-refractivity contribution in [3.8, 4) is 0 Å². The minimum Gasteiger partial charge on any atom is -0.337 e. The van der Waals surface area contributed by atoms with Crippen LogP contribution in [0.5, 0.6) is 0 Å². The fraction of sp³-hybridized carbons (Fsp3) is 0.357. The number of thiophene rings is 1. The number of aromatic nitrogens is 4. The maximum absolute atomic E-state index is 5.69. The van der Waals surface area contributed by atoms with Gasteiger partial charge in [-0.25, -0.2) is 0 Å². The van der Waals surface area contributed by atoms with Crippen LogP contribution in [0.4, 0.5) is 5.95 Å². The number of nitrogens with one attached hydrogen (secondary N) is 1. The molecule has 0 aliphatic carbocycles. The van der Waals surface area contributed by atoms with Gasteiger partial charge in [0.15, 0.2) is 0 Å². The molecule has 0 unspecified atom stereocenters. The minimum atomic E-state index is 0. The number of hydrogen-bond donors (Lipinski definition) is 2. The van der Waals surface area contributed by atoms with Crippen LogP contribution in [0.25, 0.3) is 11.2 Å². The summed E-state index contributed by atoms with van der Waals surface area (Å²) >= 11 is 8.93. The summed E-state index contributed by atoms with van der Waals surface area (Å²) in [6, 6.07) is 1.88. The largest absolute Gasteiger partial charge is 0.337 e. The zero-order valence-corrected chi connectivity index (χ0v) is 19.0. The van der Waals surface area contributed by atoms with Gasteiger partial charge in [-0.05, 0) is 63.4 Å². The predicted octanol–water partition coefficient (Wildman–Crippen LogP) is 4.45. The molecule has 11 heteroatoms. The molecule has 0 aliphatic heterocycles. The third-order valence-corrected chi connectivity index (χ3v) is 7.29. The van der Waals surface area contributed by atoms with E-state index in [0.29, 0.717) is 12.2 Å². The van der Waals surface area contributed by atoms with E-state index in [-0.39, 0.29) is 24.8 Å². The van der Waals surface area contributed by atoms with Crippen molar-refractivity contribution in [3.05, 3.63) is 31.0 Å². The number of fused-ring (bicyclic) bond motifs is 1. The van der Waals surface area contributed by atoms with Crippen LogP contribution < -0.4 is 10.6 Å². The molecule has 3 heterocycles. The topological polar surface area (TPSA) is 83.7 Å². The zero-order chi connectivity index (χ0) is 16.4. The summed E-state index contributed by atoms with van der Waals surface area (Å²) in [6.07, 6.45) is 2.56. The summed E-state index contributed by atoms with van der Waals surface area (Å²) in [5, 5.41) is 7.93. The molecule has 0 saturated carbocycles. The first kappa shape index (κ1) is 22.6. The van der Waals surface area contributed by atoms with Gasteiger partial charge in [0.25, 0.3) is 0 Å². The molecular weight excluding hydrogens is 515 g/mol. The standard InChI is InChI=1S/C14H16Br2N6S.2ClH/c1-8-10(23-12(16)11(8)15)7-22(6-2-4-17)14-19-9-3-5-18-21-13(9)20-14;;/h3,5H,2,4,6-7,17H2,1H3,(H,19,20,21);2*1H. The Morgan fingerprint density at radius 1 is 1.32 bits per heavy atom. The van der Waals surface area contributed by atoms with Crippen molar-refractivity contribution in [1.29, 1.82) is 0 Å². The van der Waals surface area contributed by atoms with E-state index >= 15 is 0 Å². The van der Waals surface area contributed by atoms with Crippen LogP contribution in [-0.2, 0) is 6.54 Å². The second kappa shape index (κ2) is 10.0. The summed E-state index contributed by atoms with van der Waals surface area (Å²) in [6.45, 7) is 4.36. The Kier molecular flexibility index (Phi) is 9.07. The van der Waals surface area contributed by atoms with Crippen LogP contribution >= 0.6 is 68.0 Å². The van der Waals surface area contributed by atoms with Crippen molar-refractivity contribution in [2.75, 3.05) is 18.0 Å². The molecule has 0 saturated heterocycles. The van der Waals surface area contributed by atoms with Crippen LogP contribution in [0, 0.1) is 6.92 Å². The number of nitrogens with zero attached hydrogens (tertiary/aromatic N) is 4. The highest BCUT2D eigenvalue weighted by Gasteiger charge is 2.17. The van der Waals surface area contributed by atoms with E-state index in [1.807, 2.05) is 6.07 Å². The third-order valence-electron chi connectivity index (χ3n) is 3.56. The quantitative estimate of drug-likeness (QED) is 0.490. The minimum absolute atomic E-state index is 0. The monoisotopic (exact) mass is 530 g/mol. The lowest BCUT2D eigenvalue weighted by Crippen LogP contribution is -2.26. The molecule has 3 N–H and O–H groups in total. The first-order valence-electron chi connectivity index (χ1n) is 7.16. The van der Waals surface area contributed by atoms with Crippen molar-refractivity contribution in [2.45, 2.75) is 19.9 Å². The van der Waals surface area contributed by atoms with E-state index in [9.17, 15) is 0 Å². The number of H-pyrrole nitrogens is 1. The van der Waals surface area contributed by atoms with Gasteiger partial charge in [-0.1, -0.05) is 0 Å². The molecular formula is C14H18Br2Cl2N6S. The van der Waals surface area contributed by atoms with Crippen LogP contribution in [0.15, 0.2) is 20.5 Å². The van der Waals surface area contributed by atoms with Gasteiger partial charge in [-0.3, -0.25) is 0 Å². The van der Waals surface area contributed by atoms with Crippen molar-refractivity contribution >= 4 is 85.1 Å². The predicted molar refractivity (Wildman–Crippen MR) is 115 cm³/mol. The number of halogens is 4. The Morgan fingerprint density at radius 3 is 2.68 bits per heavy atom. The van der Waals surface area contributed by atoms with Crippen molar-refractivity contribution in [2.24, 2.45) is 5.73 Å². The molecule has 0 bridgehead atoms. The first-order chi connectivity index (χ1) is 11.1. The van der Waals surface area contributed by atoms with Gasteiger partial charge in [-0.15, -0.1) is 41.2 Å². The Balaban J connectivity index is 0.00000156. The van der Waals surface area contributed by atoms with E-state index < -0.39 is 0 Å². The highest BCUT2D eigenvalue weighted by Crippen LogP contribution is 2.37. The van der Waals surface area contributed by atoms with Crippen LogP contribution in [0.3, 0.4) is 0 Å². The second-order valence-electron chi connectivity index (χ2n) is 5.13. The molecule has 0 aromatic carbocycles. The van der Waals surface area contributed by atoms with Crippen LogP contribution in [0.1, 0.15) is 16.9 Å². The second-order valence-corrected chi connectivity index (χ2v) is 8.35. The highest BCUT2D eigenvalue weighted by molar-refractivity contribution is 9.13. The molecule has 0 spiro atoms. The van der Waals surface area contributed by atoms with E-state index in [2.05, 4.69) is 63.8 Å². The number of nitrogens with two attached hydrogens (primary N) is 1. The van der Waals surface area contributed by atoms with E-state index in [0.717, 1.165) is 39.2 Å². The summed E-state index contributed by atoms with van der Waals surface area (Å²) in [4.78, 5) is 11.4. The fourth-order valence-corrected chi connectivity index (χ4v) is 4.70. The Morgan fingerprint density at radius 2 is 2.08 bits per heavy atom. The van der Waals surface area contributed by atoms with Gasteiger partial charge in [0.1, 0.15) is 0 Å². The molecule has 0 amide bonds. The number of aromatic amines is 1. The molecule has 3 rings (SSSR count). The van der Waals surface area contributed by atoms with Crippen molar-refractivity contribution in [1.82, 2.24) is 20.2 Å². The molecule has 0 fully saturated rings. The first-order valence-corrected chi connectivity index (χ1v) is 9.56. The lowest BCUT2D eigenvalue weighted by atomic mass is 10.2. The SMILES string of the molecule is Cc1c(CN(CCCN)c2nc3nnccc3[nH]2)sc(Br)c1Br.Cl.Cl. The zero-order valence-electron chi connectivity index (χ0n) is 13.3. The average Bonchev–Trinajstić information content (AvgIpc) is 3.08. The maximum atomic E-state index is 5.69. The van der Waals surface area contributed by atoms with Gasteiger partial charge in [0, 0.05) is 15.9 Å². The summed E-state index contributed by atoms with van der Waals surface area (Å²) < 4.78 is 2.23. The van der Waals surface area contributed by atoms with Crippen LogP contribution in [0.2, 0.25) is 0 Å². The Hall–Kier alpha value is -0.450. The average molecular weight is 533 g/mol. The molecule has 138 valence electrons. The third kappa shape index (κ3) is 5.05. The number of anilines is 1. The smallest absolute Gasteiger partial charge is 0.205 e. The van der Waals surface area contributed by atoms with Gasteiger partial charge in [0.05, 0.1) is 22.0 Å². The van der Waals surface area contributed by atoms with Gasteiger partial charge in [0.2, 0.25) is 11.6 Å². The molecule has 0 aliphatic rings. The van der Waals surface area contributed by atoms with Gasteiger partial charge in [-0.2, -0.15) is 10.1 Å². The molecule has 3 aromatic heterocycles. The Bertz CT molecular complexity index is 792. The normalized spacial score (nSPS) is 10.4. The highest BCUT2D eigenvalue weighted by atomic mass is 79.9. The maximum Gasteiger partial charge on any atom is 0.205 e. The van der Waals surface area contributed by atoms with E-state index in [1.54, 1.807) is 17.5 Å². The molecule has 0 atom stereocenters. The molecule has 25 heavy (non-hydrogen) atoms. The summed E-state index contributed by atoms with van der Waals surface area (Å²) in [5.41, 5.74) is 8.45. The summed E-state index contributed by atoms with van der Waals surface area (Å²) in [7, 11) is 0. The molecule has 3 aromatic rings. The van der Waals surface area contributed by atoms with Gasteiger partial charge < -0.3 is 15.6 Å². The lowest BCUT2D eigenvalue weighted by molar-refractivity contribution is 0.723. The van der Waals surface area contributed by atoms with E-state index in [4.69, 9.17) is 5.73 Å². The lowest BCUT2D eigenvalue weighted by Gasteiger charge is -2.21. The number of imidazole rings is 1. The summed E-state index contributed by atoms with van der Waals surface area (Å²) in [5.74, 6) is 0.800. The van der Waals surface area contributed by atoms with Crippen molar-refractivity contribution < 1.29 is 0 Å². The van der Waals surface area contributed by atoms with Crippen LogP contribution in [-0.4, -0.2) is 33.3 Å². The van der Waals surface area contributed by atoms with Gasteiger partial charge >= 0.3 is 0 Å². The molecule has 0 radical (unpaired) electrons. The Labute approximate surface area is 179 Å². The fourth-order valence-electron chi connectivity index (χ4n) is 2.27. The van der Waals surface area contributed by atoms with Crippen molar-refractivity contribution in [3.63, 3.8) is 0 Å². The molecule has 6 nitrogen and oxygen atoms in total. The number of hydrogen-bond acceptors (Lipinski definition) is 6.